The molecule has 1 atom stereocenters. The van der Waals surface area contributed by atoms with E-state index >= 15 is 0 Å². The lowest BCUT2D eigenvalue weighted by molar-refractivity contribution is -0.384. The van der Waals surface area contributed by atoms with Gasteiger partial charge in [0, 0.05) is 23.3 Å². The second kappa shape index (κ2) is 8.19. The Bertz CT molecular complexity index is 1210. The zero-order valence-corrected chi connectivity index (χ0v) is 16.5. The summed E-state index contributed by atoms with van der Waals surface area (Å²) in [5, 5.41) is 16.8. The average Bonchev–Trinajstić information content (AvgIpc) is 3.16. The van der Waals surface area contributed by atoms with Crippen molar-refractivity contribution < 1.29 is 19.2 Å². The van der Waals surface area contributed by atoms with E-state index in [1.165, 1.54) is 36.4 Å². The molecule has 154 valence electrons. The van der Waals surface area contributed by atoms with Crippen LogP contribution in [-0.4, -0.2) is 29.4 Å². The van der Waals surface area contributed by atoms with Gasteiger partial charge in [0.15, 0.2) is 5.78 Å². The fourth-order valence-corrected chi connectivity index (χ4v) is 3.39. The maximum atomic E-state index is 13.4. The molecule has 8 heteroatoms. The van der Waals surface area contributed by atoms with Crippen LogP contribution in [0.15, 0.2) is 84.0 Å². The molecule has 0 radical (unpaired) electrons. The minimum atomic E-state index is -1.24. The summed E-state index contributed by atoms with van der Waals surface area (Å²) >= 11 is 0. The second-order valence-electron chi connectivity index (χ2n) is 6.81. The topological polar surface area (TPSA) is 102 Å². The highest BCUT2D eigenvalue weighted by Crippen LogP contribution is 2.30. The van der Waals surface area contributed by atoms with E-state index in [1.54, 1.807) is 48.5 Å². The number of methoxy groups -OCH3 is 1. The minimum absolute atomic E-state index is 0.0676. The number of Topliss-reactive ketones (excluding diaryl/α,β-unsaturated/α-hetero) is 1. The van der Waals surface area contributed by atoms with Gasteiger partial charge in [0.05, 0.1) is 23.4 Å². The van der Waals surface area contributed by atoms with Gasteiger partial charge in [-0.3, -0.25) is 19.7 Å². The number of amides is 1. The van der Waals surface area contributed by atoms with E-state index in [1.807, 2.05) is 6.07 Å². The Morgan fingerprint density at radius 1 is 1.03 bits per heavy atom. The maximum Gasteiger partial charge on any atom is 0.270 e. The first-order chi connectivity index (χ1) is 15.0. The number of nitro benzene ring substituents is 1. The van der Waals surface area contributed by atoms with Crippen LogP contribution in [0.1, 0.15) is 15.9 Å². The maximum absolute atomic E-state index is 13.4. The third-order valence-electron chi connectivity index (χ3n) is 4.91. The predicted octanol–water partition coefficient (Wildman–Crippen LogP) is 3.85. The summed E-state index contributed by atoms with van der Waals surface area (Å²) in [6.45, 7) is 0. The van der Waals surface area contributed by atoms with Crippen LogP contribution in [0.2, 0.25) is 0 Å². The van der Waals surface area contributed by atoms with E-state index < -0.39 is 22.5 Å². The monoisotopic (exact) mass is 415 g/mol. The number of ether oxygens (including phenoxy) is 1. The van der Waals surface area contributed by atoms with Crippen molar-refractivity contribution in [3.05, 3.63) is 100 Å². The highest BCUT2D eigenvalue weighted by molar-refractivity contribution is 6.34. The molecule has 0 aromatic heterocycles. The molecule has 1 heterocycles. The van der Waals surface area contributed by atoms with E-state index in [0.717, 1.165) is 0 Å². The van der Waals surface area contributed by atoms with E-state index in [-0.39, 0.29) is 17.0 Å². The third kappa shape index (κ3) is 3.78. The summed E-state index contributed by atoms with van der Waals surface area (Å²) in [6, 6.07) is 21.0. The number of rotatable bonds is 6. The van der Waals surface area contributed by atoms with Crippen LogP contribution in [-0.2, 0) is 4.79 Å². The third-order valence-corrected chi connectivity index (χ3v) is 4.91. The van der Waals surface area contributed by atoms with Gasteiger partial charge in [0.2, 0.25) is 0 Å². The molecule has 0 aliphatic carbocycles. The first kappa shape index (κ1) is 20.0. The molecule has 0 bridgehead atoms. The fourth-order valence-electron chi connectivity index (χ4n) is 3.39. The molecule has 3 aromatic rings. The molecular weight excluding hydrogens is 398 g/mol. The number of nitro groups is 1. The molecule has 1 unspecified atom stereocenters. The molecule has 0 spiro atoms. The number of hydrogen-bond donors (Lipinski definition) is 0. The molecule has 3 aromatic carbocycles. The molecule has 8 nitrogen and oxygen atoms in total. The van der Waals surface area contributed by atoms with Crippen molar-refractivity contribution in [1.29, 1.82) is 0 Å². The van der Waals surface area contributed by atoms with Crippen molar-refractivity contribution in [2.75, 3.05) is 12.1 Å². The molecule has 1 aliphatic rings. The van der Waals surface area contributed by atoms with Crippen LogP contribution >= 0.6 is 0 Å². The molecule has 0 saturated carbocycles. The molecule has 1 amide bonds. The van der Waals surface area contributed by atoms with E-state index in [2.05, 4.69) is 5.10 Å². The molecule has 0 N–H and O–H groups in total. The van der Waals surface area contributed by atoms with E-state index in [9.17, 15) is 19.7 Å². The number of hydrogen-bond acceptors (Lipinski definition) is 6. The SMILES string of the molecule is COc1cccc(C2=NN(c3ccccc3)C(=O)C2C(=O)c2cccc([N+](=O)[O-])c2)c1. The second-order valence-corrected chi connectivity index (χ2v) is 6.81. The number of ketones is 1. The number of benzene rings is 3. The summed E-state index contributed by atoms with van der Waals surface area (Å²) in [4.78, 5) is 37.2. The Hall–Kier alpha value is -4.33. The molecule has 4 rings (SSSR count). The summed E-state index contributed by atoms with van der Waals surface area (Å²) < 4.78 is 5.26. The zero-order chi connectivity index (χ0) is 22.0. The summed E-state index contributed by atoms with van der Waals surface area (Å²) in [5.74, 6) is -1.78. The molecule has 31 heavy (non-hydrogen) atoms. The number of carbonyl (C=O) groups excluding carboxylic acids is 2. The first-order valence-corrected chi connectivity index (χ1v) is 9.40. The summed E-state index contributed by atoms with van der Waals surface area (Å²) in [7, 11) is 1.52. The van der Waals surface area contributed by atoms with Crippen LogP contribution in [0.3, 0.4) is 0 Å². The summed E-state index contributed by atoms with van der Waals surface area (Å²) in [6.07, 6.45) is 0. The Kier molecular flexibility index (Phi) is 5.28. The quantitative estimate of drug-likeness (QED) is 0.263. The average molecular weight is 415 g/mol. The summed E-state index contributed by atoms with van der Waals surface area (Å²) in [5.41, 5.74) is 1.16. The molecule has 0 saturated heterocycles. The number of para-hydroxylation sites is 1. The Balaban J connectivity index is 1.81. The van der Waals surface area contributed by atoms with Crippen molar-refractivity contribution in [2.24, 2.45) is 11.0 Å². The predicted molar refractivity (Wildman–Crippen MR) is 114 cm³/mol. The lowest BCUT2D eigenvalue weighted by atomic mass is 9.89. The van der Waals surface area contributed by atoms with Gasteiger partial charge >= 0.3 is 0 Å². The molecule has 1 aliphatic heterocycles. The van der Waals surface area contributed by atoms with Gasteiger partial charge < -0.3 is 4.74 Å². The molecular formula is C23H17N3O5. The molecule has 0 fully saturated rings. The van der Waals surface area contributed by atoms with Crippen LogP contribution in [0, 0.1) is 16.0 Å². The highest BCUT2D eigenvalue weighted by Gasteiger charge is 2.43. The number of hydrazone groups is 1. The minimum Gasteiger partial charge on any atom is -0.497 e. The lowest BCUT2D eigenvalue weighted by Crippen LogP contribution is -2.33. The van der Waals surface area contributed by atoms with Crippen molar-refractivity contribution in [2.45, 2.75) is 0 Å². The number of carbonyl (C=O) groups is 2. The van der Waals surface area contributed by atoms with Gasteiger partial charge in [-0.15, -0.1) is 0 Å². The van der Waals surface area contributed by atoms with Crippen LogP contribution in [0.5, 0.6) is 5.75 Å². The fraction of sp³-hybridized carbons (Fsp3) is 0.0870. The van der Waals surface area contributed by atoms with Crippen molar-refractivity contribution in [3.8, 4) is 5.75 Å². The number of nitrogens with zero attached hydrogens (tertiary/aromatic N) is 3. The van der Waals surface area contributed by atoms with Crippen LogP contribution in [0.4, 0.5) is 11.4 Å². The van der Waals surface area contributed by atoms with E-state index in [4.69, 9.17) is 4.74 Å². The largest absolute Gasteiger partial charge is 0.497 e. The lowest BCUT2D eigenvalue weighted by Gasteiger charge is -2.14. The van der Waals surface area contributed by atoms with Crippen LogP contribution in [0.25, 0.3) is 0 Å². The Morgan fingerprint density at radius 2 is 1.77 bits per heavy atom. The van der Waals surface area contributed by atoms with Gasteiger partial charge in [0.1, 0.15) is 11.7 Å². The van der Waals surface area contributed by atoms with E-state index in [0.29, 0.717) is 17.0 Å². The van der Waals surface area contributed by atoms with Crippen molar-refractivity contribution in [3.63, 3.8) is 0 Å². The zero-order valence-electron chi connectivity index (χ0n) is 16.5. The normalized spacial score (nSPS) is 15.5. The Morgan fingerprint density at radius 3 is 2.48 bits per heavy atom. The first-order valence-electron chi connectivity index (χ1n) is 9.40. The Labute approximate surface area is 177 Å². The number of non-ortho nitro benzene ring substituents is 1. The van der Waals surface area contributed by atoms with Crippen molar-refractivity contribution in [1.82, 2.24) is 0 Å². The van der Waals surface area contributed by atoms with Crippen molar-refractivity contribution >= 4 is 28.8 Å². The van der Waals surface area contributed by atoms with Gasteiger partial charge in [-0.05, 0) is 24.3 Å². The van der Waals surface area contributed by atoms with Gasteiger partial charge in [-0.2, -0.15) is 10.1 Å². The van der Waals surface area contributed by atoms with Gasteiger partial charge in [-0.25, -0.2) is 0 Å². The highest BCUT2D eigenvalue weighted by atomic mass is 16.6. The van der Waals surface area contributed by atoms with Gasteiger partial charge in [-0.1, -0.05) is 42.5 Å². The standard InChI is InChI=1S/C23H17N3O5/c1-31-19-12-6-7-15(14-19)21-20(22(27)16-8-5-11-18(13-16)26(29)30)23(28)25(24-21)17-9-3-2-4-10-17/h2-14,20H,1H3. The van der Waals surface area contributed by atoms with Gasteiger partial charge in [0.25, 0.3) is 11.6 Å². The van der Waals surface area contributed by atoms with Crippen LogP contribution < -0.4 is 9.75 Å². The smallest absolute Gasteiger partial charge is 0.270 e. The number of anilines is 1.